The Morgan fingerprint density at radius 1 is 1.15 bits per heavy atom. The van der Waals surface area contributed by atoms with Crippen molar-refractivity contribution in [1.29, 1.82) is 0 Å². The predicted molar refractivity (Wildman–Crippen MR) is 104 cm³/mol. The van der Waals surface area contributed by atoms with Crippen LogP contribution in [-0.2, 0) is 6.42 Å². The predicted octanol–water partition coefficient (Wildman–Crippen LogP) is 3.35. The summed E-state index contributed by atoms with van der Waals surface area (Å²) in [6, 6.07) is 11.6. The molecule has 1 aliphatic carbocycles. The molecule has 1 fully saturated rings. The average Bonchev–Trinajstić information content (AvgIpc) is 3.40. The molecule has 0 aliphatic heterocycles. The molecule has 0 atom stereocenters. The van der Waals surface area contributed by atoms with Gasteiger partial charge in [0.1, 0.15) is 0 Å². The van der Waals surface area contributed by atoms with E-state index < -0.39 is 0 Å². The summed E-state index contributed by atoms with van der Waals surface area (Å²) < 4.78 is 1.67. The highest BCUT2D eigenvalue weighted by Crippen LogP contribution is 2.23. The Hall–Kier alpha value is -3.15. The quantitative estimate of drug-likeness (QED) is 0.731. The van der Waals surface area contributed by atoms with Gasteiger partial charge in [0.15, 0.2) is 5.69 Å². The molecule has 6 heteroatoms. The number of hydrogen-bond acceptors (Lipinski definition) is 3. The molecule has 0 saturated heterocycles. The largest absolute Gasteiger partial charge is 0.348 e. The minimum Gasteiger partial charge on any atom is -0.348 e. The second-order valence-electron chi connectivity index (χ2n) is 6.90. The Labute approximate surface area is 157 Å². The molecule has 2 aromatic heterocycles. The van der Waals surface area contributed by atoms with E-state index in [0.29, 0.717) is 5.52 Å². The van der Waals surface area contributed by atoms with Crippen LogP contribution in [0.4, 0.5) is 5.69 Å². The summed E-state index contributed by atoms with van der Waals surface area (Å²) in [4.78, 5) is 29.9. The van der Waals surface area contributed by atoms with E-state index in [1.165, 1.54) is 0 Å². The summed E-state index contributed by atoms with van der Waals surface area (Å²) in [5.74, 6) is -0.354. The maximum atomic E-state index is 13.0. The molecule has 1 saturated carbocycles. The summed E-state index contributed by atoms with van der Waals surface area (Å²) in [5.41, 5.74) is 3.78. The zero-order chi connectivity index (χ0) is 19.0. The van der Waals surface area contributed by atoms with Crippen molar-refractivity contribution >= 4 is 23.0 Å². The number of aromatic nitrogens is 2. The number of imidazole rings is 1. The van der Waals surface area contributed by atoms with Crippen LogP contribution < -0.4 is 10.6 Å². The van der Waals surface area contributed by atoms with Gasteiger partial charge in [0.25, 0.3) is 11.8 Å². The second-order valence-corrected chi connectivity index (χ2v) is 6.90. The number of pyridine rings is 1. The fourth-order valence-electron chi connectivity index (χ4n) is 3.22. The van der Waals surface area contributed by atoms with E-state index in [4.69, 9.17) is 0 Å². The molecule has 1 aliphatic rings. The lowest BCUT2D eigenvalue weighted by Crippen LogP contribution is -2.26. The number of para-hydroxylation sites is 1. The van der Waals surface area contributed by atoms with E-state index in [0.717, 1.165) is 36.1 Å². The number of anilines is 1. The van der Waals surface area contributed by atoms with E-state index in [2.05, 4.69) is 22.5 Å². The van der Waals surface area contributed by atoms with Gasteiger partial charge in [-0.1, -0.05) is 31.2 Å². The SMILES string of the molecule is CCc1cccc(C)c1NC(=O)c1nc(C(=O)NC2CC2)c2ccccn12. The van der Waals surface area contributed by atoms with Crippen LogP contribution in [0, 0.1) is 6.92 Å². The van der Waals surface area contributed by atoms with Crippen molar-refractivity contribution in [2.75, 3.05) is 5.32 Å². The van der Waals surface area contributed by atoms with E-state index in [-0.39, 0.29) is 29.4 Å². The molecule has 2 heterocycles. The Morgan fingerprint density at radius 2 is 1.96 bits per heavy atom. The van der Waals surface area contributed by atoms with Crippen molar-refractivity contribution in [3.8, 4) is 0 Å². The van der Waals surface area contributed by atoms with Crippen molar-refractivity contribution in [1.82, 2.24) is 14.7 Å². The maximum Gasteiger partial charge on any atom is 0.292 e. The first-order valence-electron chi connectivity index (χ1n) is 9.26. The van der Waals surface area contributed by atoms with Crippen LogP contribution in [0.5, 0.6) is 0 Å². The van der Waals surface area contributed by atoms with Gasteiger partial charge >= 0.3 is 0 Å². The van der Waals surface area contributed by atoms with Crippen molar-refractivity contribution in [2.24, 2.45) is 0 Å². The van der Waals surface area contributed by atoms with Gasteiger partial charge in [0, 0.05) is 17.9 Å². The van der Waals surface area contributed by atoms with Gasteiger partial charge in [-0.25, -0.2) is 4.98 Å². The number of amides is 2. The topological polar surface area (TPSA) is 75.5 Å². The van der Waals surface area contributed by atoms with E-state index in [9.17, 15) is 9.59 Å². The molecule has 138 valence electrons. The summed E-state index contributed by atoms with van der Waals surface area (Å²) in [5, 5.41) is 5.93. The zero-order valence-electron chi connectivity index (χ0n) is 15.5. The van der Waals surface area contributed by atoms with Gasteiger partial charge in [-0.2, -0.15) is 0 Å². The average molecular weight is 362 g/mol. The molecule has 2 amide bonds. The number of aryl methyl sites for hydroxylation is 2. The third-order valence-corrected chi connectivity index (χ3v) is 4.86. The number of fused-ring (bicyclic) bond motifs is 1. The van der Waals surface area contributed by atoms with Gasteiger partial charge in [0.05, 0.1) is 5.52 Å². The Kier molecular flexibility index (Phi) is 4.39. The molecule has 0 bridgehead atoms. The number of nitrogens with zero attached hydrogens (tertiary/aromatic N) is 2. The molecule has 0 unspecified atom stereocenters. The number of carbonyl (C=O) groups is 2. The Balaban J connectivity index is 1.71. The fourth-order valence-corrected chi connectivity index (χ4v) is 3.22. The Bertz CT molecular complexity index is 1030. The van der Waals surface area contributed by atoms with Crippen LogP contribution in [0.1, 0.15) is 52.0 Å². The third-order valence-electron chi connectivity index (χ3n) is 4.86. The van der Waals surface area contributed by atoms with E-state index in [1.54, 1.807) is 16.7 Å². The van der Waals surface area contributed by atoms with Crippen LogP contribution in [-0.4, -0.2) is 27.2 Å². The first kappa shape index (κ1) is 17.3. The number of hydrogen-bond donors (Lipinski definition) is 2. The lowest BCUT2D eigenvalue weighted by Gasteiger charge is -2.12. The van der Waals surface area contributed by atoms with Crippen molar-refractivity contribution in [3.05, 3.63) is 65.2 Å². The molecule has 27 heavy (non-hydrogen) atoms. The maximum absolute atomic E-state index is 13.0. The van der Waals surface area contributed by atoms with Crippen LogP contribution in [0.3, 0.4) is 0 Å². The van der Waals surface area contributed by atoms with Gasteiger partial charge < -0.3 is 10.6 Å². The minimum atomic E-state index is -0.328. The second kappa shape index (κ2) is 6.87. The standard InChI is InChI=1S/C21H22N4O2/c1-3-14-8-6-7-13(2)17(14)24-21(27)19-23-18(20(26)22-15-10-11-15)16-9-4-5-12-25(16)19/h4-9,12,15H,3,10-11H2,1-2H3,(H,22,26)(H,24,27). The molecular formula is C21H22N4O2. The summed E-state index contributed by atoms with van der Waals surface area (Å²) >= 11 is 0. The smallest absolute Gasteiger partial charge is 0.292 e. The lowest BCUT2D eigenvalue weighted by molar-refractivity contribution is 0.0948. The molecule has 6 nitrogen and oxygen atoms in total. The zero-order valence-corrected chi connectivity index (χ0v) is 15.5. The molecule has 0 radical (unpaired) electrons. The molecule has 4 rings (SSSR count). The van der Waals surface area contributed by atoms with Crippen molar-refractivity contribution in [3.63, 3.8) is 0 Å². The highest BCUT2D eigenvalue weighted by atomic mass is 16.2. The normalized spacial score (nSPS) is 13.6. The monoisotopic (exact) mass is 362 g/mol. The van der Waals surface area contributed by atoms with Crippen LogP contribution in [0.25, 0.3) is 5.52 Å². The van der Waals surface area contributed by atoms with E-state index in [1.807, 2.05) is 37.3 Å². The van der Waals surface area contributed by atoms with Crippen LogP contribution in [0.2, 0.25) is 0 Å². The number of rotatable bonds is 5. The first-order valence-corrected chi connectivity index (χ1v) is 9.26. The van der Waals surface area contributed by atoms with E-state index >= 15 is 0 Å². The van der Waals surface area contributed by atoms with Crippen LogP contribution >= 0.6 is 0 Å². The summed E-state index contributed by atoms with van der Waals surface area (Å²) in [6.45, 7) is 4.02. The molecular weight excluding hydrogens is 340 g/mol. The molecule has 3 aromatic rings. The molecule has 1 aromatic carbocycles. The van der Waals surface area contributed by atoms with Gasteiger partial charge in [-0.05, 0) is 49.4 Å². The first-order chi connectivity index (χ1) is 13.1. The van der Waals surface area contributed by atoms with Crippen molar-refractivity contribution in [2.45, 2.75) is 39.2 Å². The van der Waals surface area contributed by atoms with Gasteiger partial charge in [-0.3, -0.25) is 14.0 Å². The molecule has 2 N–H and O–H groups in total. The molecule has 0 spiro atoms. The van der Waals surface area contributed by atoms with Gasteiger partial charge in [0.2, 0.25) is 5.82 Å². The highest BCUT2D eigenvalue weighted by molar-refractivity contribution is 6.06. The highest BCUT2D eigenvalue weighted by Gasteiger charge is 2.27. The third kappa shape index (κ3) is 3.30. The number of nitrogens with one attached hydrogen (secondary N) is 2. The summed E-state index contributed by atoms with van der Waals surface area (Å²) in [6.07, 6.45) is 4.56. The van der Waals surface area contributed by atoms with Crippen molar-refractivity contribution < 1.29 is 9.59 Å². The summed E-state index contributed by atoms with van der Waals surface area (Å²) in [7, 11) is 0. The fraction of sp³-hybridized carbons (Fsp3) is 0.286. The minimum absolute atomic E-state index is 0.205. The Morgan fingerprint density at radius 3 is 2.70 bits per heavy atom. The van der Waals surface area contributed by atoms with Gasteiger partial charge in [-0.15, -0.1) is 0 Å². The van der Waals surface area contributed by atoms with Crippen LogP contribution in [0.15, 0.2) is 42.6 Å². The number of carbonyl (C=O) groups excluding carboxylic acids is 2. The number of benzene rings is 1. The lowest BCUT2D eigenvalue weighted by atomic mass is 10.1.